The minimum atomic E-state index is -0.546. The molecule has 2 atom stereocenters. The van der Waals surface area contributed by atoms with Crippen molar-refractivity contribution in [2.24, 2.45) is 11.8 Å². The van der Waals surface area contributed by atoms with Crippen LogP contribution in [0.1, 0.15) is 25.8 Å². The van der Waals surface area contributed by atoms with Crippen LogP contribution in [0, 0.1) is 22.0 Å². The molecule has 2 aromatic rings. The number of hydrogen-bond acceptors (Lipinski definition) is 6. The van der Waals surface area contributed by atoms with E-state index in [1.165, 1.54) is 23.9 Å². The summed E-state index contributed by atoms with van der Waals surface area (Å²) in [7, 11) is 0. The van der Waals surface area contributed by atoms with Crippen molar-refractivity contribution in [3.8, 4) is 0 Å². The summed E-state index contributed by atoms with van der Waals surface area (Å²) in [6, 6.07) is 15.6. The second kappa shape index (κ2) is 8.55. The fourth-order valence-electron chi connectivity index (χ4n) is 4.08. The maximum absolute atomic E-state index is 13.0. The fourth-order valence-corrected chi connectivity index (χ4v) is 5.19. The smallest absolute Gasteiger partial charge is 0.356 e. The molecule has 0 spiro atoms. The number of hydrogen-bond donors (Lipinski definition) is 0. The van der Waals surface area contributed by atoms with E-state index >= 15 is 0 Å². The van der Waals surface area contributed by atoms with E-state index in [2.05, 4.69) is 0 Å². The zero-order valence-corrected chi connectivity index (χ0v) is 18.0. The number of nitro groups is 1. The van der Waals surface area contributed by atoms with Crippen LogP contribution in [-0.2, 0) is 20.9 Å². The number of thioether (sulfide) groups is 1. The molecule has 1 saturated heterocycles. The van der Waals surface area contributed by atoms with Gasteiger partial charge in [-0.3, -0.25) is 14.9 Å². The molecule has 2 aliphatic heterocycles. The van der Waals surface area contributed by atoms with E-state index in [-0.39, 0.29) is 36.1 Å². The average Bonchev–Trinajstić information content (AvgIpc) is 3.06. The number of esters is 1. The van der Waals surface area contributed by atoms with Crippen LogP contribution in [-0.4, -0.2) is 27.7 Å². The van der Waals surface area contributed by atoms with Gasteiger partial charge in [0, 0.05) is 28.4 Å². The summed E-state index contributed by atoms with van der Waals surface area (Å²) in [5.74, 6) is -0.473. The minimum absolute atomic E-state index is 0.0133. The standard InChI is InChI=1S/C23H22N2O5S/c1-14(2)20-18-12-19(31-17-6-4-3-5-7-17)21(24(18)22(20)26)23(27)30-13-15-8-10-16(11-9-15)25(28)29/h3-11,14,18,20H,12-13H2,1-2H3. The molecule has 0 aliphatic carbocycles. The Bertz CT molecular complexity index is 1050. The highest BCUT2D eigenvalue weighted by Crippen LogP contribution is 2.49. The Morgan fingerprint density at radius 3 is 2.48 bits per heavy atom. The monoisotopic (exact) mass is 438 g/mol. The summed E-state index contributed by atoms with van der Waals surface area (Å²) >= 11 is 1.49. The first-order chi connectivity index (χ1) is 14.9. The highest BCUT2D eigenvalue weighted by atomic mass is 32.2. The minimum Gasteiger partial charge on any atom is -0.456 e. The molecule has 31 heavy (non-hydrogen) atoms. The van der Waals surface area contributed by atoms with Crippen molar-refractivity contribution in [3.63, 3.8) is 0 Å². The highest BCUT2D eigenvalue weighted by molar-refractivity contribution is 8.03. The van der Waals surface area contributed by atoms with Gasteiger partial charge in [-0.2, -0.15) is 0 Å². The van der Waals surface area contributed by atoms with Gasteiger partial charge in [0.25, 0.3) is 5.69 Å². The molecular formula is C23H22N2O5S. The quantitative estimate of drug-likeness (QED) is 0.273. The normalized spacial score (nSPS) is 20.0. The zero-order chi connectivity index (χ0) is 22.1. The number of non-ortho nitro benzene ring substituents is 1. The molecule has 8 heteroatoms. The molecule has 1 amide bonds. The fraction of sp³-hybridized carbons (Fsp3) is 0.304. The summed E-state index contributed by atoms with van der Waals surface area (Å²) in [5, 5.41) is 10.8. The van der Waals surface area contributed by atoms with Crippen LogP contribution in [0.25, 0.3) is 0 Å². The zero-order valence-electron chi connectivity index (χ0n) is 17.2. The predicted octanol–water partition coefficient (Wildman–Crippen LogP) is 4.53. The number of carbonyl (C=O) groups excluding carboxylic acids is 2. The van der Waals surface area contributed by atoms with Crippen LogP contribution in [0.4, 0.5) is 5.69 Å². The Hall–Kier alpha value is -3.13. The van der Waals surface area contributed by atoms with Gasteiger partial charge in [0.15, 0.2) is 0 Å². The van der Waals surface area contributed by atoms with Gasteiger partial charge in [-0.15, -0.1) is 0 Å². The third-order valence-corrected chi connectivity index (χ3v) is 6.70. The van der Waals surface area contributed by atoms with E-state index in [1.54, 1.807) is 17.0 Å². The number of fused-ring (bicyclic) bond motifs is 1. The number of nitrogens with zero attached hydrogens (tertiary/aromatic N) is 2. The SMILES string of the molecule is CC(C)C1C(=O)N2C(C(=O)OCc3ccc([N+](=O)[O-])cc3)=C(Sc3ccccc3)CC12. The molecular weight excluding hydrogens is 416 g/mol. The third kappa shape index (κ3) is 4.07. The second-order valence-corrected chi connectivity index (χ2v) is 9.10. The van der Waals surface area contributed by atoms with Crippen molar-refractivity contribution < 1.29 is 19.2 Å². The van der Waals surface area contributed by atoms with Gasteiger partial charge in [-0.25, -0.2) is 4.79 Å². The van der Waals surface area contributed by atoms with Gasteiger partial charge < -0.3 is 9.64 Å². The number of carbonyl (C=O) groups is 2. The Balaban J connectivity index is 1.54. The molecule has 2 aromatic carbocycles. The summed E-state index contributed by atoms with van der Waals surface area (Å²) in [4.78, 5) is 39.5. The average molecular weight is 439 g/mol. The van der Waals surface area contributed by atoms with Gasteiger partial charge in [-0.05, 0) is 35.7 Å². The highest BCUT2D eigenvalue weighted by Gasteiger charge is 2.56. The van der Waals surface area contributed by atoms with Crippen molar-refractivity contribution >= 4 is 29.3 Å². The van der Waals surface area contributed by atoms with Gasteiger partial charge in [-0.1, -0.05) is 43.8 Å². The number of nitro benzene ring substituents is 1. The molecule has 4 rings (SSSR count). The number of benzene rings is 2. The molecule has 2 unspecified atom stereocenters. The lowest BCUT2D eigenvalue weighted by Gasteiger charge is -2.45. The third-order valence-electron chi connectivity index (χ3n) is 5.58. The molecule has 0 aromatic heterocycles. The topological polar surface area (TPSA) is 89.8 Å². The number of rotatable bonds is 7. The van der Waals surface area contributed by atoms with Crippen molar-refractivity contribution in [3.05, 3.63) is 80.9 Å². The van der Waals surface area contributed by atoms with Crippen LogP contribution in [0.2, 0.25) is 0 Å². The molecule has 0 bridgehead atoms. The van der Waals surface area contributed by atoms with Crippen LogP contribution in [0.5, 0.6) is 0 Å². The molecule has 0 radical (unpaired) electrons. The molecule has 160 valence electrons. The van der Waals surface area contributed by atoms with E-state index < -0.39 is 10.9 Å². The lowest BCUT2D eigenvalue weighted by Crippen LogP contribution is -2.60. The molecule has 0 N–H and O–H groups in total. The lowest BCUT2D eigenvalue weighted by molar-refractivity contribution is -0.384. The first-order valence-corrected chi connectivity index (χ1v) is 10.9. The van der Waals surface area contributed by atoms with E-state index in [9.17, 15) is 19.7 Å². The molecule has 0 saturated carbocycles. The van der Waals surface area contributed by atoms with Crippen LogP contribution in [0.3, 0.4) is 0 Å². The molecule has 7 nitrogen and oxygen atoms in total. The maximum atomic E-state index is 13.0. The van der Waals surface area contributed by atoms with E-state index in [4.69, 9.17) is 4.74 Å². The number of ether oxygens (including phenoxy) is 1. The maximum Gasteiger partial charge on any atom is 0.356 e. The van der Waals surface area contributed by atoms with Crippen LogP contribution < -0.4 is 0 Å². The van der Waals surface area contributed by atoms with Gasteiger partial charge in [0.05, 0.1) is 16.9 Å². The Morgan fingerprint density at radius 2 is 1.87 bits per heavy atom. The lowest BCUT2D eigenvalue weighted by atomic mass is 9.79. The predicted molar refractivity (Wildman–Crippen MR) is 116 cm³/mol. The van der Waals surface area contributed by atoms with Gasteiger partial charge in [0.2, 0.25) is 5.91 Å². The van der Waals surface area contributed by atoms with Gasteiger partial charge in [0.1, 0.15) is 12.3 Å². The summed E-state index contributed by atoms with van der Waals surface area (Å²) in [6.07, 6.45) is 0.635. The Kier molecular flexibility index (Phi) is 5.82. The summed E-state index contributed by atoms with van der Waals surface area (Å²) < 4.78 is 5.50. The first-order valence-electron chi connectivity index (χ1n) is 10.1. The van der Waals surface area contributed by atoms with E-state index in [0.29, 0.717) is 17.7 Å². The van der Waals surface area contributed by atoms with Gasteiger partial charge >= 0.3 is 5.97 Å². The van der Waals surface area contributed by atoms with Crippen LogP contribution in [0.15, 0.2) is 70.1 Å². The Morgan fingerprint density at radius 1 is 1.19 bits per heavy atom. The summed E-state index contributed by atoms with van der Waals surface area (Å²) in [6.45, 7) is 4.02. The first kappa shape index (κ1) is 21.1. The van der Waals surface area contributed by atoms with Crippen molar-refractivity contribution in [1.29, 1.82) is 0 Å². The number of amides is 1. The van der Waals surface area contributed by atoms with Crippen molar-refractivity contribution in [1.82, 2.24) is 4.90 Å². The molecule has 2 heterocycles. The van der Waals surface area contributed by atoms with Crippen molar-refractivity contribution in [2.45, 2.75) is 37.8 Å². The molecule has 2 aliphatic rings. The summed E-state index contributed by atoms with van der Waals surface area (Å²) in [5.41, 5.74) is 0.938. The van der Waals surface area contributed by atoms with Crippen LogP contribution >= 0.6 is 11.8 Å². The van der Waals surface area contributed by atoms with E-state index in [0.717, 1.165) is 9.80 Å². The van der Waals surface area contributed by atoms with E-state index in [1.807, 2.05) is 44.2 Å². The second-order valence-electron chi connectivity index (χ2n) is 7.94. The molecule has 1 fully saturated rings. The Labute approximate surface area is 184 Å². The largest absolute Gasteiger partial charge is 0.456 e. The number of β-lactam (4-membered cyclic amide) rings is 1. The van der Waals surface area contributed by atoms with Crippen molar-refractivity contribution in [2.75, 3.05) is 0 Å².